The predicted molar refractivity (Wildman–Crippen MR) is 148 cm³/mol. The quantitative estimate of drug-likeness (QED) is 0.264. The van der Waals surface area contributed by atoms with Crippen LogP contribution in [0.15, 0.2) is 122 Å². The Morgan fingerprint density at radius 2 is 0.972 bits per heavy atom. The van der Waals surface area contributed by atoms with Crippen LogP contribution in [0.25, 0.3) is 66.0 Å². The van der Waals surface area contributed by atoms with Crippen molar-refractivity contribution in [1.29, 1.82) is 0 Å². The van der Waals surface area contributed by atoms with Gasteiger partial charge in [0.15, 0.2) is 0 Å². The van der Waals surface area contributed by atoms with E-state index in [9.17, 15) is 0 Å². The number of hydrogen-bond donors (Lipinski definition) is 0. The maximum absolute atomic E-state index is 4.56. The van der Waals surface area contributed by atoms with Gasteiger partial charge in [-0.1, -0.05) is 54.6 Å². The Kier molecular flexibility index (Phi) is 3.91. The van der Waals surface area contributed by atoms with Crippen LogP contribution in [-0.2, 0) is 0 Å². The van der Waals surface area contributed by atoms with Gasteiger partial charge in [-0.2, -0.15) is 0 Å². The zero-order valence-corrected chi connectivity index (χ0v) is 19.3. The summed E-state index contributed by atoms with van der Waals surface area (Å²) in [6.07, 6.45) is 3.49. The number of benzene rings is 5. The van der Waals surface area contributed by atoms with Gasteiger partial charge in [0.25, 0.3) is 0 Å². The summed E-state index contributed by atoms with van der Waals surface area (Å²) in [7, 11) is 0. The molecule has 0 saturated heterocycles. The Labute approximate surface area is 206 Å². The summed E-state index contributed by atoms with van der Waals surface area (Å²) in [6, 6.07) is 39.0. The molecule has 0 unspecified atom stereocenters. The Balaban J connectivity index is 1.55. The van der Waals surface area contributed by atoms with Crippen LogP contribution < -0.4 is 0 Å². The Morgan fingerprint density at radius 1 is 0.389 bits per heavy atom. The van der Waals surface area contributed by atoms with Gasteiger partial charge in [0, 0.05) is 45.3 Å². The van der Waals surface area contributed by atoms with Gasteiger partial charge >= 0.3 is 0 Å². The third-order valence-corrected chi connectivity index (χ3v) is 7.19. The molecular formula is C32H20N4. The number of aromatic nitrogens is 4. The van der Waals surface area contributed by atoms with E-state index in [0.717, 1.165) is 22.4 Å². The molecule has 4 nitrogen and oxygen atoms in total. The van der Waals surface area contributed by atoms with Crippen molar-refractivity contribution in [3.05, 3.63) is 122 Å². The minimum Gasteiger partial charge on any atom is -0.309 e. The normalized spacial score (nSPS) is 11.9. The predicted octanol–water partition coefficient (Wildman–Crippen LogP) is 7.82. The van der Waals surface area contributed by atoms with E-state index in [2.05, 4.69) is 128 Å². The molecule has 0 N–H and O–H groups in total. The lowest BCUT2D eigenvalue weighted by molar-refractivity contribution is 1.16. The third-order valence-electron chi connectivity index (χ3n) is 7.19. The van der Waals surface area contributed by atoms with Crippen LogP contribution in [0.3, 0.4) is 0 Å². The van der Waals surface area contributed by atoms with Crippen molar-refractivity contribution in [3.63, 3.8) is 0 Å². The molecule has 8 aromatic rings. The van der Waals surface area contributed by atoms with E-state index in [-0.39, 0.29) is 0 Å². The molecule has 0 bridgehead atoms. The van der Waals surface area contributed by atoms with Gasteiger partial charge in [0.2, 0.25) is 0 Å². The molecule has 36 heavy (non-hydrogen) atoms. The van der Waals surface area contributed by atoms with Crippen LogP contribution in [0.2, 0.25) is 0 Å². The summed E-state index contributed by atoms with van der Waals surface area (Å²) in [5.41, 5.74) is 8.78. The zero-order valence-electron chi connectivity index (χ0n) is 19.3. The summed E-state index contributed by atoms with van der Waals surface area (Å²) in [6.45, 7) is 0. The molecule has 0 saturated carbocycles. The smallest absolute Gasteiger partial charge is 0.0907 e. The summed E-state index contributed by atoms with van der Waals surface area (Å²) in [4.78, 5) is 9.03. The fraction of sp³-hybridized carbons (Fsp3) is 0. The van der Waals surface area contributed by atoms with Gasteiger partial charge in [0.1, 0.15) is 0 Å². The fourth-order valence-corrected chi connectivity index (χ4v) is 5.66. The SMILES string of the molecule is c1ccc(-n2c3ccccc3c3cc4c5ccccc5n(-c5ccc6nccnc6c5)c4cc32)cc1. The molecule has 0 aliphatic rings. The largest absolute Gasteiger partial charge is 0.309 e. The molecule has 0 atom stereocenters. The fourth-order valence-electron chi connectivity index (χ4n) is 5.66. The number of nitrogens with zero attached hydrogens (tertiary/aromatic N) is 4. The molecule has 0 aliphatic carbocycles. The Hall–Kier alpha value is -4.96. The second-order valence-electron chi connectivity index (χ2n) is 9.16. The van der Waals surface area contributed by atoms with Crippen LogP contribution in [-0.4, -0.2) is 19.1 Å². The lowest BCUT2D eigenvalue weighted by atomic mass is 10.1. The molecule has 8 rings (SSSR count). The highest BCUT2D eigenvalue weighted by molar-refractivity contribution is 6.19. The summed E-state index contributed by atoms with van der Waals surface area (Å²) < 4.78 is 4.73. The highest BCUT2D eigenvalue weighted by atomic mass is 15.0. The van der Waals surface area contributed by atoms with Crippen molar-refractivity contribution in [1.82, 2.24) is 19.1 Å². The topological polar surface area (TPSA) is 35.6 Å². The van der Waals surface area contributed by atoms with Gasteiger partial charge < -0.3 is 9.13 Å². The lowest BCUT2D eigenvalue weighted by Gasteiger charge is -2.10. The van der Waals surface area contributed by atoms with E-state index in [0.29, 0.717) is 0 Å². The van der Waals surface area contributed by atoms with Crippen molar-refractivity contribution in [2.75, 3.05) is 0 Å². The number of rotatable bonds is 2. The van der Waals surface area contributed by atoms with Crippen LogP contribution in [0.1, 0.15) is 0 Å². The van der Waals surface area contributed by atoms with Crippen molar-refractivity contribution < 1.29 is 0 Å². The van der Waals surface area contributed by atoms with E-state index in [1.54, 1.807) is 12.4 Å². The highest BCUT2D eigenvalue weighted by Gasteiger charge is 2.18. The van der Waals surface area contributed by atoms with E-state index in [1.165, 1.54) is 43.6 Å². The van der Waals surface area contributed by atoms with Gasteiger partial charge in [-0.15, -0.1) is 0 Å². The Bertz CT molecular complexity index is 2100. The summed E-state index contributed by atoms with van der Waals surface area (Å²) in [5, 5.41) is 5.00. The number of para-hydroxylation sites is 3. The maximum atomic E-state index is 4.56. The van der Waals surface area contributed by atoms with E-state index >= 15 is 0 Å². The molecule has 4 heteroatoms. The standard InChI is InChI=1S/C32H20N4/c1-2-8-21(9-3-1)35-29-12-6-4-10-23(29)25-19-26-24-11-5-7-13-30(24)36(32(26)20-31(25)35)22-14-15-27-28(18-22)34-17-16-33-27/h1-20H. The first-order chi connectivity index (χ1) is 17.9. The first-order valence-corrected chi connectivity index (χ1v) is 12.1. The number of fused-ring (bicyclic) bond motifs is 7. The first-order valence-electron chi connectivity index (χ1n) is 12.1. The minimum absolute atomic E-state index is 0.889. The molecule has 0 amide bonds. The van der Waals surface area contributed by atoms with E-state index < -0.39 is 0 Å². The van der Waals surface area contributed by atoms with Crippen LogP contribution in [0.5, 0.6) is 0 Å². The van der Waals surface area contributed by atoms with Crippen LogP contribution in [0.4, 0.5) is 0 Å². The molecule has 5 aromatic carbocycles. The molecule has 0 radical (unpaired) electrons. The Morgan fingerprint density at radius 3 is 1.67 bits per heavy atom. The second-order valence-corrected chi connectivity index (χ2v) is 9.16. The summed E-state index contributed by atoms with van der Waals surface area (Å²) >= 11 is 0. The summed E-state index contributed by atoms with van der Waals surface area (Å²) in [5.74, 6) is 0. The molecular weight excluding hydrogens is 440 g/mol. The van der Waals surface area contributed by atoms with Gasteiger partial charge in [0.05, 0.1) is 33.1 Å². The van der Waals surface area contributed by atoms with Gasteiger partial charge in [-0.25, -0.2) is 0 Å². The van der Waals surface area contributed by atoms with E-state index in [4.69, 9.17) is 0 Å². The molecule has 3 aromatic heterocycles. The van der Waals surface area contributed by atoms with Crippen molar-refractivity contribution in [2.45, 2.75) is 0 Å². The molecule has 168 valence electrons. The molecule has 0 spiro atoms. The second kappa shape index (κ2) is 7.27. The van der Waals surface area contributed by atoms with Crippen molar-refractivity contribution in [2.24, 2.45) is 0 Å². The van der Waals surface area contributed by atoms with Crippen molar-refractivity contribution in [3.8, 4) is 11.4 Å². The number of hydrogen-bond acceptors (Lipinski definition) is 2. The monoisotopic (exact) mass is 460 g/mol. The zero-order chi connectivity index (χ0) is 23.6. The third kappa shape index (κ3) is 2.64. The van der Waals surface area contributed by atoms with Gasteiger partial charge in [-0.3, -0.25) is 9.97 Å². The van der Waals surface area contributed by atoms with Crippen LogP contribution in [0, 0.1) is 0 Å². The lowest BCUT2D eigenvalue weighted by Crippen LogP contribution is -1.96. The van der Waals surface area contributed by atoms with Crippen molar-refractivity contribution >= 4 is 54.6 Å². The average molecular weight is 461 g/mol. The van der Waals surface area contributed by atoms with E-state index in [1.807, 2.05) is 0 Å². The van der Waals surface area contributed by atoms with Crippen LogP contribution >= 0.6 is 0 Å². The minimum atomic E-state index is 0.889. The maximum Gasteiger partial charge on any atom is 0.0907 e. The molecule has 0 fully saturated rings. The van der Waals surface area contributed by atoms with Gasteiger partial charge in [-0.05, 0) is 54.6 Å². The average Bonchev–Trinajstić information content (AvgIpc) is 3.44. The molecule has 3 heterocycles. The first kappa shape index (κ1) is 19.4. The highest BCUT2D eigenvalue weighted by Crippen LogP contribution is 2.39. The molecule has 0 aliphatic heterocycles.